The van der Waals surface area contributed by atoms with E-state index in [4.69, 9.17) is 0 Å². The fraction of sp³-hybridized carbons (Fsp3) is 1.00. The van der Waals surface area contributed by atoms with Gasteiger partial charge in [-0.25, -0.2) is 0 Å². The molecule has 1 spiro atoms. The summed E-state index contributed by atoms with van der Waals surface area (Å²) < 4.78 is 0. The molecule has 2 rings (SSSR count). The van der Waals surface area contributed by atoms with Crippen LogP contribution in [0.5, 0.6) is 0 Å². The number of hydrogen-bond donors (Lipinski definition) is 1. The normalized spacial score (nSPS) is 41.2. The highest BCUT2D eigenvalue weighted by molar-refractivity contribution is 8.00. The summed E-state index contributed by atoms with van der Waals surface area (Å²) in [6.45, 7) is 9.63. The minimum atomic E-state index is 0.397. The Hall–Kier alpha value is 0.310. The van der Waals surface area contributed by atoms with Gasteiger partial charge in [-0.15, -0.1) is 11.8 Å². The van der Waals surface area contributed by atoms with Gasteiger partial charge in [0.15, 0.2) is 0 Å². The van der Waals surface area contributed by atoms with Crippen LogP contribution in [-0.4, -0.2) is 16.7 Å². The van der Waals surface area contributed by atoms with Crippen molar-refractivity contribution in [1.29, 1.82) is 0 Å². The second-order valence-electron chi connectivity index (χ2n) is 6.74. The van der Waals surface area contributed by atoms with Crippen molar-refractivity contribution in [3.63, 3.8) is 0 Å². The standard InChI is InChI=1S/C14H27NS/c1-11-8-10-16-14(15-11)9-6-5-7-12(14)13(2,3)4/h11-12,15H,5-10H2,1-4H3. The van der Waals surface area contributed by atoms with Crippen LogP contribution in [-0.2, 0) is 0 Å². The number of rotatable bonds is 0. The summed E-state index contributed by atoms with van der Waals surface area (Å²) in [6.07, 6.45) is 6.98. The molecule has 3 unspecified atom stereocenters. The van der Waals surface area contributed by atoms with E-state index in [9.17, 15) is 0 Å². The van der Waals surface area contributed by atoms with Crippen LogP contribution in [0.15, 0.2) is 0 Å². The maximum atomic E-state index is 3.95. The highest BCUT2D eigenvalue weighted by Gasteiger charge is 2.48. The molecule has 0 aromatic rings. The van der Waals surface area contributed by atoms with Crippen molar-refractivity contribution >= 4 is 11.8 Å². The molecule has 1 saturated heterocycles. The maximum absolute atomic E-state index is 3.95. The zero-order valence-corrected chi connectivity index (χ0v) is 12.1. The van der Waals surface area contributed by atoms with Crippen molar-refractivity contribution in [2.24, 2.45) is 11.3 Å². The topological polar surface area (TPSA) is 12.0 Å². The third kappa shape index (κ3) is 2.43. The zero-order chi connectivity index (χ0) is 11.8. The first kappa shape index (κ1) is 12.8. The molecule has 3 atom stereocenters. The number of thioether (sulfide) groups is 1. The number of hydrogen-bond acceptors (Lipinski definition) is 2. The van der Waals surface area contributed by atoms with Gasteiger partial charge in [-0.05, 0) is 43.3 Å². The predicted molar refractivity (Wildman–Crippen MR) is 73.8 cm³/mol. The molecule has 2 heteroatoms. The van der Waals surface area contributed by atoms with E-state index >= 15 is 0 Å². The van der Waals surface area contributed by atoms with Crippen LogP contribution in [0.25, 0.3) is 0 Å². The van der Waals surface area contributed by atoms with Crippen LogP contribution >= 0.6 is 11.8 Å². The van der Waals surface area contributed by atoms with Gasteiger partial charge in [0, 0.05) is 6.04 Å². The first-order valence-corrected chi connectivity index (χ1v) is 7.84. The Labute approximate surface area is 105 Å². The van der Waals surface area contributed by atoms with Crippen molar-refractivity contribution in [1.82, 2.24) is 5.32 Å². The van der Waals surface area contributed by atoms with Crippen molar-refractivity contribution < 1.29 is 0 Å². The Balaban J connectivity index is 2.20. The Kier molecular flexibility index (Phi) is 3.61. The summed E-state index contributed by atoms with van der Waals surface area (Å²) in [4.78, 5) is 0.397. The van der Waals surface area contributed by atoms with Crippen LogP contribution in [0.2, 0.25) is 0 Å². The molecule has 0 radical (unpaired) electrons. The lowest BCUT2D eigenvalue weighted by atomic mass is 9.69. The molecule has 94 valence electrons. The monoisotopic (exact) mass is 241 g/mol. The van der Waals surface area contributed by atoms with Gasteiger partial charge in [0.2, 0.25) is 0 Å². The van der Waals surface area contributed by atoms with Crippen molar-refractivity contribution in [2.75, 3.05) is 5.75 Å². The summed E-state index contributed by atoms with van der Waals surface area (Å²) >= 11 is 2.21. The van der Waals surface area contributed by atoms with Crippen LogP contribution < -0.4 is 5.32 Å². The van der Waals surface area contributed by atoms with Gasteiger partial charge in [-0.2, -0.15) is 0 Å². The Morgan fingerprint density at radius 2 is 1.94 bits per heavy atom. The molecule has 2 fully saturated rings. The van der Waals surface area contributed by atoms with E-state index in [1.165, 1.54) is 37.9 Å². The summed E-state index contributed by atoms with van der Waals surface area (Å²) in [5, 5.41) is 3.95. The van der Waals surface area contributed by atoms with Crippen LogP contribution in [0.1, 0.15) is 59.8 Å². The lowest BCUT2D eigenvalue weighted by Crippen LogP contribution is -2.59. The van der Waals surface area contributed by atoms with Crippen molar-refractivity contribution in [3.8, 4) is 0 Å². The van der Waals surface area contributed by atoms with E-state index in [1.54, 1.807) is 0 Å². The molecule has 0 amide bonds. The van der Waals surface area contributed by atoms with Crippen LogP contribution in [0, 0.1) is 11.3 Å². The average Bonchev–Trinajstić information content (AvgIpc) is 2.16. The molecule has 0 aromatic carbocycles. The molecular formula is C14H27NS. The van der Waals surface area contributed by atoms with Gasteiger partial charge in [0.25, 0.3) is 0 Å². The summed E-state index contributed by atoms with van der Waals surface area (Å²) in [5.41, 5.74) is 0.442. The second-order valence-corrected chi connectivity index (χ2v) is 8.16. The minimum absolute atomic E-state index is 0.397. The van der Waals surface area contributed by atoms with Gasteiger partial charge < -0.3 is 5.32 Å². The van der Waals surface area contributed by atoms with E-state index in [1.807, 2.05) is 0 Å². The van der Waals surface area contributed by atoms with Gasteiger partial charge >= 0.3 is 0 Å². The predicted octanol–water partition coefficient (Wildman–Crippen LogP) is 4.03. The lowest BCUT2D eigenvalue weighted by Gasteiger charge is -2.53. The smallest absolute Gasteiger partial charge is 0.0680 e. The molecule has 1 aliphatic carbocycles. The second kappa shape index (κ2) is 4.53. The quantitative estimate of drug-likeness (QED) is 0.687. The van der Waals surface area contributed by atoms with Crippen molar-refractivity contribution in [3.05, 3.63) is 0 Å². The SMILES string of the molecule is CC1CCSC2(CCCCC2C(C)(C)C)N1. The zero-order valence-electron chi connectivity index (χ0n) is 11.3. The third-order valence-electron chi connectivity index (χ3n) is 4.30. The average molecular weight is 241 g/mol. The molecule has 16 heavy (non-hydrogen) atoms. The Bertz CT molecular complexity index is 242. The van der Waals surface area contributed by atoms with E-state index in [-0.39, 0.29) is 0 Å². The third-order valence-corrected chi connectivity index (χ3v) is 5.86. The van der Waals surface area contributed by atoms with E-state index < -0.39 is 0 Å². The van der Waals surface area contributed by atoms with Gasteiger partial charge in [-0.1, -0.05) is 33.6 Å². The Morgan fingerprint density at radius 1 is 1.19 bits per heavy atom. The highest BCUT2D eigenvalue weighted by atomic mass is 32.2. The first-order valence-electron chi connectivity index (χ1n) is 6.86. The molecule has 2 aliphatic rings. The minimum Gasteiger partial charge on any atom is -0.300 e. The van der Waals surface area contributed by atoms with E-state index in [0.717, 1.165) is 5.92 Å². The van der Waals surface area contributed by atoms with Gasteiger partial charge in [0.1, 0.15) is 0 Å². The Morgan fingerprint density at radius 3 is 2.56 bits per heavy atom. The first-order chi connectivity index (χ1) is 7.44. The molecule has 0 bridgehead atoms. The maximum Gasteiger partial charge on any atom is 0.0680 e. The molecule has 1 nitrogen and oxygen atoms in total. The summed E-state index contributed by atoms with van der Waals surface area (Å²) in [6, 6.07) is 0.712. The molecule has 1 saturated carbocycles. The summed E-state index contributed by atoms with van der Waals surface area (Å²) in [5.74, 6) is 2.18. The highest BCUT2D eigenvalue weighted by Crippen LogP contribution is 2.51. The largest absolute Gasteiger partial charge is 0.300 e. The van der Waals surface area contributed by atoms with Crippen LogP contribution in [0.3, 0.4) is 0 Å². The van der Waals surface area contributed by atoms with Gasteiger partial charge in [0.05, 0.1) is 4.87 Å². The van der Waals surface area contributed by atoms with Crippen LogP contribution in [0.4, 0.5) is 0 Å². The molecule has 1 heterocycles. The lowest BCUT2D eigenvalue weighted by molar-refractivity contribution is 0.0996. The molecule has 1 aliphatic heterocycles. The fourth-order valence-corrected chi connectivity index (χ4v) is 5.65. The van der Waals surface area contributed by atoms with Gasteiger partial charge in [-0.3, -0.25) is 0 Å². The molecule has 0 aromatic heterocycles. The van der Waals surface area contributed by atoms with Crippen molar-refractivity contribution in [2.45, 2.75) is 70.7 Å². The fourth-order valence-electron chi connectivity index (χ4n) is 3.57. The molecule has 1 N–H and O–H groups in total. The van der Waals surface area contributed by atoms with E-state index in [2.05, 4.69) is 44.8 Å². The van der Waals surface area contributed by atoms with E-state index in [0.29, 0.717) is 16.3 Å². The summed E-state index contributed by atoms with van der Waals surface area (Å²) in [7, 11) is 0. The molecular weight excluding hydrogens is 214 g/mol. The number of nitrogens with one attached hydrogen (secondary N) is 1.